The van der Waals surface area contributed by atoms with Gasteiger partial charge in [-0.1, -0.05) is 12.8 Å². The molecule has 1 aromatic rings. The fourth-order valence-corrected chi connectivity index (χ4v) is 3.66. The molecule has 2 fully saturated rings. The Balaban J connectivity index is 1.46. The summed E-state index contributed by atoms with van der Waals surface area (Å²) in [5.41, 5.74) is 0. The minimum Gasteiger partial charge on any atom is -0.450 e. The highest BCUT2D eigenvalue weighted by molar-refractivity contribution is 5.90. The lowest BCUT2D eigenvalue weighted by atomic mass is 10.2. The number of hydrogen-bond acceptors (Lipinski definition) is 4. The summed E-state index contributed by atoms with van der Waals surface area (Å²) in [7, 11) is 0. The van der Waals surface area contributed by atoms with Crippen molar-refractivity contribution >= 4 is 17.8 Å². The van der Waals surface area contributed by atoms with Gasteiger partial charge < -0.3 is 15.0 Å². The Morgan fingerprint density at radius 2 is 2.04 bits per heavy atom. The van der Waals surface area contributed by atoms with Gasteiger partial charge in [-0.3, -0.25) is 9.69 Å². The SMILES string of the molecule is CCOC(=O)N1CC[NH+](CC(=O)Nc2ccnn2C2CCCC2)CC1. The number of nitrogens with zero attached hydrogens (tertiary/aromatic N) is 3. The number of quaternary nitrogens is 1. The van der Waals surface area contributed by atoms with Crippen LogP contribution in [0.4, 0.5) is 10.6 Å². The number of aromatic nitrogens is 2. The normalized spacial score (nSPS) is 19.2. The molecule has 8 heteroatoms. The first-order valence-electron chi connectivity index (χ1n) is 9.26. The summed E-state index contributed by atoms with van der Waals surface area (Å²) in [6, 6.07) is 2.27. The molecule has 2 N–H and O–H groups in total. The third kappa shape index (κ3) is 4.50. The van der Waals surface area contributed by atoms with Crippen molar-refractivity contribution in [3.63, 3.8) is 0 Å². The van der Waals surface area contributed by atoms with Gasteiger partial charge in [0.15, 0.2) is 6.54 Å². The summed E-state index contributed by atoms with van der Waals surface area (Å²) in [5, 5.41) is 7.39. The zero-order chi connectivity index (χ0) is 17.6. The van der Waals surface area contributed by atoms with E-state index in [9.17, 15) is 9.59 Å². The van der Waals surface area contributed by atoms with E-state index in [1.54, 1.807) is 18.0 Å². The van der Waals surface area contributed by atoms with Gasteiger partial charge in [0, 0.05) is 6.07 Å². The standard InChI is InChI=1S/C17H27N5O3/c1-2-25-17(24)21-11-9-20(10-12-21)13-16(23)19-15-7-8-18-22(15)14-5-3-4-6-14/h7-8,14H,2-6,9-13H2,1H3,(H,19,23)/p+1. The van der Waals surface area contributed by atoms with Gasteiger partial charge in [0.25, 0.3) is 5.91 Å². The maximum absolute atomic E-state index is 12.4. The molecule has 3 rings (SSSR count). The topological polar surface area (TPSA) is 80.9 Å². The molecule has 25 heavy (non-hydrogen) atoms. The Morgan fingerprint density at radius 1 is 1.32 bits per heavy atom. The first kappa shape index (κ1) is 17.7. The second kappa shape index (κ2) is 8.33. The van der Waals surface area contributed by atoms with E-state index in [2.05, 4.69) is 10.4 Å². The van der Waals surface area contributed by atoms with Gasteiger partial charge in [0.1, 0.15) is 5.82 Å². The Hall–Kier alpha value is -2.09. The molecule has 1 aromatic heterocycles. The van der Waals surface area contributed by atoms with Crippen molar-refractivity contribution in [2.24, 2.45) is 0 Å². The van der Waals surface area contributed by atoms with E-state index >= 15 is 0 Å². The fourth-order valence-electron chi connectivity index (χ4n) is 3.66. The van der Waals surface area contributed by atoms with Gasteiger partial charge in [0.05, 0.1) is 45.0 Å². The van der Waals surface area contributed by atoms with Crippen LogP contribution in [0.2, 0.25) is 0 Å². The molecule has 0 unspecified atom stereocenters. The Bertz CT molecular complexity index is 589. The minimum absolute atomic E-state index is 0.000619. The van der Waals surface area contributed by atoms with Crippen LogP contribution in [0.1, 0.15) is 38.6 Å². The maximum Gasteiger partial charge on any atom is 0.410 e. The first-order valence-corrected chi connectivity index (χ1v) is 9.26. The zero-order valence-electron chi connectivity index (χ0n) is 14.9. The van der Waals surface area contributed by atoms with Gasteiger partial charge in [-0.25, -0.2) is 9.48 Å². The molecule has 0 radical (unpaired) electrons. The molecular formula is C17H28N5O3+. The third-order valence-electron chi connectivity index (χ3n) is 5.02. The van der Waals surface area contributed by atoms with Crippen molar-refractivity contribution in [1.82, 2.24) is 14.7 Å². The second-order valence-corrected chi connectivity index (χ2v) is 6.76. The third-order valence-corrected chi connectivity index (χ3v) is 5.02. The Labute approximate surface area is 148 Å². The molecule has 2 heterocycles. The van der Waals surface area contributed by atoms with Gasteiger partial charge in [-0.2, -0.15) is 5.10 Å². The van der Waals surface area contributed by atoms with E-state index in [0.717, 1.165) is 31.7 Å². The number of carbonyl (C=O) groups excluding carboxylic acids is 2. The van der Waals surface area contributed by atoms with Crippen LogP contribution < -0.4 is 10.2 Å². The van der Waals surface area contributed by atoms with Gasteiger partial charge >= 0.3 is 6.09 Å². The molecule has 0 aromatic carbocycles. The molecule has 1 saturated carbocycles. The van der Waals surface area contributed by atoms with Crippen molar-refractivity contribution in [2.75, 3.05) is 44.6 Å². The summed E-state index contributed by atoms with van der Waals surface area (Å²) in [6.07, 6.45) is 6.21. The predicted octanol–water partition coefficient (Wildman–Crippen LogP) is 0.294. The van der Waals surface area contributed by atoms with Crippen LogP contribution in [-0.2, 0) is 9.53 Å². The predicted molar refractivity (Wildman–Crippen MR) is 92.5 cm³/mol. The largest absolute Gasteiger partial charge is 0.450 e. The molecule has 2 amide bonds. The van der Waals surface area contributed by atoms with Crippen LogP contribution in [0.3, 0.4) is 0 Å². The first-order chi connectivity index (χ1) is 12.2. The summed E-state index contributed by atoms with van der Waals surface area (Å²) in [6.45, 7) is 5.38. The van der Waals surface area contributed by atoms with Crippen LogP contribution in [0.25, 0.3) is 0 Å². The van der Waals surface area contributed by atoms with Gasteiger partial charge in [-0.05, 0) is 19.8 Å². The van der Waals surface area contributed by atoms with E-state index in [0.29, 0.717) is 32.3 Å². The van der Waals surface area contributed by atoms with Crippen molar-refractivity contribution in [3.05, 3.63) is 12.3 Å². The molecule has 1 aliphatic carbocycles. The number of ether oxygens (including phenoxy) is 1. The van der Waals surface area contributed by atoms with E-state index < -0.39 is 0 Å². The quantitative estimate of drug-likeness (QED) is 0.800. The highest BCUT2D eigenvalue weighted by Gasteiger charge is 2.26. The van der Waals surface area contributed by atoms with Crippen LogP contribution in [0.15, 0.2) is 12.3 Å². The number of nitrogens with one attached hydrogen (secondary N) is 2. The molecule has 0 atom stereocenters. The fraction of sp³-hybridized carbons (Fsp3) is 0.706. The van der Waals surface area contributed by atoms with Crippen LogP contribution in [0.5, 0.6) is 0 Å². The van der Waals surface area contributed by atoms with Crippen LogP contribution in [0, 0.1) is 0 Å². The lowest BCUT2D eigenvalue weighted by Gasteiger charge is -2.31. The number of carbonyl (C=O) groups is 2. The average molecular weight is 350 g/mol. The lowest BCUT2D eigenvalue weighted by molar-refractivity contribution is -0.895. The van der Waals surface area contributed by atoms with Crippen molar-refractivity contribution in [3.8, 4) is 0 Å². The molecule has 2 aliphatic rings. The van der Waals surface area contributed by atoms with E-state index in [1.807, 2.05) is 10.7 Å². The van der Waals surface area contributed by atoms with E-state index in [-0.39, 0.29) is 12.0 Å². The highest BCUT2D eigenvalue weighted by atomic mass is 16.6. The van der Waals surface area contributed by atoms with Gasteiger partial charge in [0.2, 0.25) is 0 Å². The summed E-state index contributed by atoms with van der Waals surface area (Å²) < 4.78 is 6.98. The zero-order valence-corrected chi connectivity index (χ0v) is 14.9. The molecule has 1 aliphatic heterocycles. The van der Waals surface area contributed by atoms with Gasteiger partial charge in [-0.15, -0.1) is 0 Å². The smallest absolute Gasteiger partial charge is 0.410 e. The Kier molecular flexibility index (Phi) is 5.91. The molecular weight excluding hydrogens is 322 g/mol. The number of rotatable bonds is 5. The molecule has 0 bridgehead atoms. The molecule has 0 spiro atoms. The number of hydrogen-bond donors (Lipinski definition) is 2. The minimum atomic E-state index is -0.258. The Morgan fingerprint density at radius 3 is 2.72 bits per heavy atom. The monoisotopic (exact) mass is 350 g/mol. The molecule has 1 saturated heterocycles. The summed E-state index contributed by atoms with van der Waals surface area (Å²) >= 11 is 0. The summed E-state index contributed by atoms with van der Waals surface area (Å²) in [5.74, 6) is 0.792. The van der Waals surface area contributed by atoms with Crippen molar-refractivity contribution in [1.29, 1.82) is 0 Å². The lowest BCUT2D eigenvalue weighted by Crippen LogP contribution is -3.15. The molecule has 138 valence electrons. The number of amides is 2. The van der Waals surface area contributed by atoms with Crippen LogP contribution in [-0.4, -0.2) is 66.0 Å². The van der Waals surface area contributed by atoms with Crippen LogP contribution >= 0.6 is 0 Å². The highest BCUT2D eigenvalue weighted by Crippen LogP contribution is 2.31. The maximum atomic E-state index is 12.4. The van der Waals surface area contributed by atoms with E-state index in [1.165, 1.54) is 17.7 Å². The number of anilines is 1. The van der Waals surface area contributed by atoms with E-state index in [4.69, 9.17) is 4.74 Å². The second-order valence-electron chi connectivity index (χ2n) is 6.76. The number of piperazine rings is 1. The van der Waals surface area contributed by atoms with Crippen molar-refractivity contribution < 1.29 is 19.2 Å². The average Bonchev–Trinajstić information content (AvgIpc) is 3.26. The van der Waals surface area contributed by atoms with Crippen molar-refractivity contribution in [2.45, 2.75) is 38.6 Å². The molecule has 8 nitrogen and oxygen atoms in total. The summed E-state index contributed by atoms with van der Waals surface area (Å²) in [4.78, 5) is 27.0.